The van der Waals surface area contributed by atoms with E-state index < -0.39 is 0 Å². The van der Waals surface area contributed by atoms with Gasteiger partial charge in [0.1, 0.15) is 0 Å². The van der Waals surface area contributed by atoms with Crippen LogP contribution < -0.4 is 0 Å². The van der Waals surface area contributed by atoms with E-state index in [-0.39, 0.29) is 0 Å². The van der Waals surface area contributed by atoms with Crippen LogP contribution in [0.25, 0.3) is 198 Å². The quantitative estimate of drug-likeness (QED) is 0.0667. The first-order valence-electron chi connectivity index (χ1n) is 43.6. The van der Waals surface area contributed by atoms with Crippen LogP contribution in [-0.2, 0) is 25.7 Å². The highest BCUT2D eigenvalue weighted by Gasteiger charge is 2.38. The van der Waals surface area contributed by atoms with E-state index in [0.717, 1.165) is 77.0 Å². The molecule has 0 heteroatoms. The molecule has 0 fully saturated rings. The van der Waals surface area contributed by atoms with Crippen LogP contribution in [0.5, 0.6) is 0 Å². The van der Waals surface area contributed by atoms with Crippen LogP contribution in [0.3, 0.4) is 0 Å². The van der Waals surface area contributed by atoms with Gasteiger partial charge in [-0.3, -0.25) is 0 Å². The monoisotopic (exact) mass is 1510 g/mol. The van der Waals surface area contributed by atoms with E-state index in [0.29, 0.717) is 0 Å². The zero-order valence-electron chi connectivity index (χ0n) is 67.7. The van der Waals surface area contributed by atoms with Gasteiger partial charge in [0.15, 0.2) is 0 Å². The Hall–Kier alpha value is -13.3. The highest BCUT2D eigenvalue weighted by Crippen LogP contribution is 2.64. The summed E-state index contributed by atoms with van der Waals surface area (Å²) < 4.78 is 0. The normalized spacial score (nSPS) is 12.3. The van der Waals surface area contributed by atoms with E-state index >= 15 is 0 Å². The Morgan fingerprint density at radius 3 is 0.669 bits per heavy atom. The molecule has 19 aromatic carbocycles. The molecule has 562 valence electrons. The van der Waals surface area contributed by atoms with Gasteiger partial charge < -0.3 is 0 Å². The molecule has 4 aliphatic carbocycles. The molecule has 0 amide bonds. The topological polar surface area (TPSA) is 0 Å². The molecular weight excluding hydrogens is 1420 g/mol. The first kappa shape index (κ1) is 70.2. The second kappa shape index (κ2) is 28.3. The first-order valence-corrected chi connectivity index (χ1v) is 43.6. The Morgan fingerprint density at radius 2 is 0.390 bits per heavy atom. The van der Waals surface area contributed by atoms with Crippen LogP contribution in [0.15, 0.2) is 328 Å². The van der Waals surface area contributed by atoms with Crippen LogP contribution in [0.4, 0.5) is 0 Å². The summed E-state index contributed by atoms with van der Waals surface area (Å²) in [5, 5.41) is 27.2. The van der Waals surface area contributed by atoms with E-state index in [4.69, 9.17) is 0 Å². The minimum atomic E-state index is 1.00. The maximum atomic E-state index is 2.69. The van der Waals surface area contributed by atoms with Crippen molar-refractivity contribution < 1.29 is 0 Å². The van der Waals surface area contributed by atoms with Crippen LogP contribution in [0.2, 0.25) is 0 Å². The first-order chi connectivity index (χ1) is 58.5. The highest BCUT2D eigenvalue weighted by atomic mass is 14.4. The predicted molar refractivity (Wildman–Crippen MR) is 502 cm³/mol. The number of rotatable bonds is 20. The molecule has 0 aromatic heterocycles. The van der Waals surface area contributed by atoms with Gasteiger partial charge in [0.05, 0.1) is 0 Å². The van der Waals surface area contributed by atoms with E-state index in [2.05, 4.69) is 355 Å². The number of hydrogen-bond donors (Lipinski definition) is 0. The predicted octanol–water partition coefficient (Wildman–Crippen LogP) is 32.4. The summed E-state index contributed by atoms with van der Waals surface area (Å²) in [6.07, 6.45) is 12.9. The van der Waals surface area contributed by atoms with Crippen molar-refractivity contribution in [1.82, 2.24) is 0 Å². The van der Waals surface area contributed by atoms with Crippen molar-refractivity contribution in [2.24, 2.45) is 0 Å². The van der Waals surface area contributed by atoms with Crippen LogP contribution >= 0.6 is 0 Å². The van der Waals surface area contributed by atoms with E-state index in [9.17, 15) is 0 Å². The lowest BCUT2D eigenvalue weighted by Crippen LogP contribution is -2.01. The number of hydrogen-bond acceptors (Lipinski definition) is 0. The Morgan fingerprint density at radius 1 is 0.161 bits per heavy atom. The second-order valence-electron chi connectivity index (χ2n) is 33.7. The van der Waals surface area contributed by atoms with Crippen molar-refractivity contribution >= 4 is 64.6 Å². The fourth-order valence-electron chi connectivity index (χ4n) is 22.2. The molecule has 0 N–H and O–H groups in total. The van der Waals surface area contributed by atoms with Crippen molar-refractivity contribution in [3.8, 4) is 134 Å². The number of fused-ring (bicyclic) bond motifs is 12. The largest absolute Gasteiger partial charge is 0.0654 e. The Labute approximate surface area is 689 Å². The van der Waals surface area contributed by atoms with Crippen LogP contribution in [-0.4, -0.2) is 0 Å². The molecule has 0 spiro atoms. The van der Waals surface area contributed by atoms with E-state index in [1.54, 1.807) is 0 Å². The standard InChI is InChI=1S/C118H90/c1-5-9-53-79-95-65-91(71-37-21-13-22-38-71)92(72-39-23-14-24-40-72)66-96(95)80(54-10-6-2)108-84-58-62-88-113-87(61-57-83(107(79)108)111(84)113)115-103(75-45-29-17-30-46-75)99-69-101-102(70-100(99)104(116(88)115)76-47-31-18-32-48-76)106(78-51-35-20-36-52-78)118-90-64-60-86-110-82(56-12-8-4)98-68-94(74-43-27-16-28-44-74)93(73-41-25-15-26-42-73)67-97(98)81(55-11-7-3)109(110)85-59-63-89(114(90)112(85)86)117(118)105(101)77-49-33-19-34-50-77/h13-52,57-70H,5-12,53-56H2,1-4H3. The number of benzene rings is 19. The summed E-state index contributed by atoms with van der Waals surface area (Å²) >= 11 is 0. The third kappa shape index (κ3) is 10.5. The molecule has 0 radical (unpaired) electrons. The minimum absolute atomic E-state index is 1.00. The highest BCUT2D eigenvalue weighted by molar-refractivity contribution is 6.34. The van der Waals surface area contributed by atoms with E-state index in [1.165, 1.54) is 262 Å². The van der Waals surface area contributed by atoms with Crippen molar-refractivity contribution in [3.63, 3.8) is 0 Å². The molecule has 0 unspecified atom stereocenters. The molecule has 19 aromatic rings. The average Bonchev–Trinajstić information content (AvgIpc) is 1.46. The van der Waals surface area contributed by atoms with Crippen molar-refractivity contribution in [1.29, 1.82) is 0 Å². The maximum absolute atomic E-state index is 2.69. The average molecular weight is 1510 g/mol. The third-order valence-corrected chi connectivity index (χ3v) is 27.2. The second-order valence-corrected chi connectivity index (χ2v) is 33.7. The van der Waals surface area contributed by atoms with Gasteiger partial charge in [-0.25, -0.2) is 0 Å². The van der Waals surface area contributed by atoms with Crippen molar-refractivity contribution in [2.45, 2.75) is 105 Å². The van der Waals surface area contributed by atoms with E-state index in [1.807, 2.05) is 0 Å². The molecule has 0 heterocycles. The zero-order valence-corrected chi connectivity index (χ0v) is 67.7. The fraction of sp³-hybridized carbons (Fsp3) is 0.136. The summed E-state index contributed by atoms with van der Waals surface area (Å²) in [5.74, 6) is 0. The molecule has 0 saturated heterocycles. The SMILES string of the molecule is CCCCc1c2c(c(CCCC)c3cc(-c4ccccc4)c(-c4ccccc4)cc13)-c1ccc3c4c(ccc-2c14)-c1c-3c(-c2ccccc2)c2cc3c(-c4ccccc4)c4c(c(-c5ccccc5)c3cc2c1-c1ccccc1)=c1ccc2c3c(ccc=4c13)=c1c(CCCC)c3cc(-c4ccccc4)c(-c4ccccc4)cc3c(CCCC)c1=2. The molecule has 0 nitrogen and oxygen atoms in total. The summed E-state index contributed by atoms with van der Waals surface area (Å²) in [6, 6.07) is 127. The molecule has 0 saturated carbocycles. The molecule has 4 aliphatic rings. The van der Waals surface area contributed by atoms with Gasteiger partial charge in [-0.15, -0.1) is 0 Å². The lowest BCUT2D eigenvalue weighted by atomic mass is 9.79. The molecule has 118 heavy (non-hydrogen) atoms. The molecule has 0 aliphatic heterocycles. The van der Waals surface area contributed by atoms with Crippen LogP contribution in [0, 0.1) is 41.7 Å². The lowest BCUT2D eigenvalue weighted by Gasteiger charge is -2.23. The van der Waals surface area contributed by atoms with Crippen LogP contribution in [0.1, 0.15) is 101 Å². The van der Waals surface area contributed by atoms with Crippen molar-refractivity contribution in [3.05, 3.63) is 392 Å². The summed E-state index contributed by atoms with van der Waals surface area (Å²) in [4.78, 5) is 0. The third-order valence-electron chi connectivity index (χ3n) is 27.2. The molecule has 0 bridgehead atoms. The van der Waals surface area contributed by atoms with Crippen molar-refractivity contribution in [2.75, 3.05) is 0 Å². The minimum Gasteiger partial charge on any atom is -0.0654 e. The van der Waals surface area contributed by atoms with Gasteiger partial charge in [-0.05, 0) is 350 Å². The summed E-state index contributed by atoms with van der Waals surface area (Å²) in [6.45, 7) is 9.47. The number of unbranched alkanes of at least 4 members (excludes halogenated alkanes) is 4. The van der Waals surface area contributed by atoms with Gasteiger partial charge in [0.25, 0.3) is 0 Å². The van der Waals surface area contributed by atoms with Gasteiger partial charge in [-0.1, -0.05) is 345 Å². The Kier molecular flexibility index (Phi) is 16.8. The maximum Gasteiger partial charge on any atom is -0.000740 e. The van der Waals surface area contributed by atoms with Gasteiger partial charge in [-0.2, -0.15) is 0 Å². The fourth-order valence-corrected chi connectivity index (χ4v) is 22.2. The van der Waals surface area contributed by atoms with Gasteiger partial charge in [0, 0.05) is 0 Å². The smallest absolute Gasteiger partial charge is 0.000740 e. The Bertz CT molecular complexity index is 7410. The Balaban J connectivity index is 0.861. The summed E-state index contributed by atoms with van der Waals surface area (Å²) in [7, 11) is 0. The molecule has 23 rings (SSSR count). The van der Waals surface area contributed by atoms with Gasteiger partial charge >= 0.3 is 0 Å². The lowest BCUT2D eigenvalue weighted by molar-refractivity contribution is 0.787. The summed E-state index contributed by atoms with van der Waals surface area (Å²) in [5.41, 5.74) is 37.2. The molecule has 0 atom stereocenters. The number of aryl methyl sites for hydroxylation is 4. The zero-order chi connectivity index (χ0) is 78.4. The van der Waals surface area contributed by atoms with Gasteiger partial charge in [0.2, 0.25) is 0 Å². The molecular formula is C118H90.